The molecule has 71 heavy (non-hydrogen) atoms. The van der Waals surface area contributed by atoms with E-state index in [4.69, 9.17) is 15.2 Å². The third kappa shape index (κ3) is 29.6. The lowest BCUT2D eigenvalue weighted by Gasteiger charge is -2.42. The Bertz CT molecular complexity index is 1500. The van der Waals surface area contributed by atoms with Crippen molar-refractivity contribution >= 4 is 12.4 Å². The number of nitriles is 1. The Hall–Kier alpha value is -2.06. The van der Waals surface area contributed by atoms with Crippen LogP contribution in [0.1, 0.15) is 230 Å². The number of ether oxygens (including phenoxy) is 2. The Morgan fingerprint density at radius 1 is 0.493 bits per heavy atom. The lowest BCUT2D eigenvalue weighted by Crippen LogP contribution is -2.48. The number of piperidine rings is 2. The fourth-order valence-electron chi connectivity index (χ4n) is 10.8. The highest BCUT2D eigenvalue weighted by Crippen LogP contribution is 2.36. The Morgan fingerprint density at radius 3 is 1.13 bits per heavy atom. The van der Waals surface area contributed by atoms with E-state index in [1.165, 1.54) is 173 Å². The van der Waals surface area contributed by atoms with Crippen molar-refractivity contribution in [3.05, 3.63) is 71.8 Å². The third-order valence-corrected chi connectivity index (χ3v) is 15.7. The van der Waals surface area contributed by atoms with E-state index in [-0.39, 0.29) is 23.2 Å². The summed E-state index contributed by atoms with van der Waals surface area (Å²) in [5.74, 6) is 0. The van der Waals surface area contributed by atoms with Crippen molar-refractivity contribution < 1.29 is 19.7 Å². The Kier molecular flexibility index (Phi) is 39.6. The van der Waals surface area contributed by atoms with Crippen LogP contribution in [0.25, 0.3) is 0 Å². The molecule has 0 spiro atoms. The molecule has 0 amide bonds. The molecule has 4 N–H and O–H groups in total. The van der Waals surface area contributed by atoms with Crippen molar-refractivity contribution in [3.8, 4) is 6.07 Å². The molecule has 4 rings (SSSR count). The van der Waals surface area contributed by atoms with Gasteiger partial charge >= 0.3 is 0 Å². The van der Waals surface area contributed by atoms with Gasteiger partial charge in [0.1, 0.15) is 0 Å². The molecule has 408 valence electrons. The third-order valence-electron chi connectivity index (χ3n) is 15.7. The van der Waals surface area contributed by atoms with Gasteiger partial charge in [-0.25, -0.2) is 0 Å². The molecule has 0 radical (unpaired) electrons. The van der Waals surface area contributed by atoms with Gasteiger partial charge in [-0.3, -0.25) is 0 Å². The molecule has 0 aromatic heterocycles. The van der Waals surface area contributed by atoms with E-state index in [1.807, 2.05) is 18.2 Å². The zero-order valence-corrected chi connectivity index (χ0v) is 46.7. The van der Waals surface area contributed by atoms with Crippen molar-refractivity contribution in [2.24, 2.45) is 5.73 Å². The maximum Gasteiger partial charge on any atom is 0.0900 e. The molecular weight excluding hydrogens is 900 g/mol. The standard InChI is InChI=1S/C31H56N2O2.C31H52N2O2.ClH/c2*1-2-3-4-5-6-7-8-9-10-11-12-13-14-18-25-35-27-30(34)26-33-23-21-31(28-32,22-24-33)29-19-16-15-17-20-29;/h15-17,19-20,30,34H,2-14,18,21-28,32H2,1H3;15-17,19-20,30,34H,2-14,18,21-27H2,1H3;1H. The zero-order chi connectivity index (χ0) is 50.1. The molecule has 0 saturated carbocycles. The molecule has 2 unspecified atom stereocenters. The van der Waals surface area contributed by atoms with Gasteiger partial charge in [-0.15, -0.1) is 12.4 Å². The van der Waals surface area contributed by atoms with Crippen molar-refractivity contribution in [2.75, 3.05) is 72.2 Å². The highest BCUT2D eigenvalue weighted by Gasteiger charge is 2.37. The zero-order valence-electron chi connectivity index (χ0n) is 45.9. The average molecular weight is 1010 g/mol. The Morgan fingerprint density at radius 2 is 0.803 bits per heavy atom. The quantitative estimate of drug-likeness (QED) is 0.0564. The number of nitrogens with two attached hydrogens (primary N) is 1. The lowest BCUT2D eigenvalue weighted by molar-refractivity contribution is 0.00805. The molecule has 8 nitrogen and oxygen atoms in total. The fraction of sp³-hybridized carbons (Fsp3) is 0.790. The molecule has 2 aromatic rings. The van der Waals surface area contributed by atoms with E-state index >= 15 is 0 Å². The van der Waals surface area contributed by atoms with Gasteiger partial charge < -0.3 is 35.2 Å². The number of hydrogen-bond donors (Lipinski definition) is 3. The molecule has 2 aliphatic heterocycles. The number of rotatable bonds is 41. The number of nitrogens with zero attached hydrogens (tertiary/aromatic N) is 3. The second-order valence-corrected chi connectivity index (χ2v) is 21.7. The predicted molar refractivity (Wildman–Crippen MR) is 304 cm³/mol. The van der Waals surface area contributed by atoms with E-state index in [0.29, 0.717) is 32.8 Å². The fourth-order valence-corrected chi connectivity index (χ4v) is 10.8. The van der Waals surface area contributed by atoms with Crippen LogP contribution in [0.15, 0.2) is 60.7 Å². The number of β-amino-alcohol motifs (C(OH)–C–C–N with tert-alkyl or cyclic N) is 2. The SMILES string of the molecule is CCCCCCCCCCCCCCCCOCC(O)CN1CCC(C#N)(c2ccccc2)CC1.CCCCCCCCCCCCCCCCOCC(O)CN1CCC(CN)(c2ccccc2)CC1.Cl. The van der Waals surface area contributed by atoms with Crippen LogP contribution in [-0.4, -0.2) is 104 Å². The molecular formula is C62H109ClN4O4. The van der Waals surface area contributed by atoms with Crippen LogP contribution < -0.4 is 5.73 Å². The molecule has 0 aliphatic carbocycles. The monoisotopic (exact) mass is 1010 g/mol. The first-order valence-electron chi connectivity index (χ1n) is 29.6. The summed E-state index contributed by atoms with van der Waals surface area (Å²) in [7, 11) is 0. The van der Waals surface area contributed by atoms with Crippen molar-refractivity contribution in [1.82, 2.24) is 9.80 Å². The second kappa shape index (κ2) is 43.2. The first-order chi connectivity index (χ1) is 34.4. The van der Waals surface area contributed by atoms with Gasteiger partial charge in [0.25, 0.3) is 0 Å². The van der Waals surface area contributed by atoms with Crippen LogP contribution in [-0.2, 0) is 20.3 Å². The van der Waals surface area contributed by atoms with Gasteiger partial charge in [0.05, 0.1) is 36.9 Å². The topological polar surface area (TPSA) is 115 Å². The minimum atomic E-state index is -0.451. The molecule has 2 atom stereocenters. The van der Waals surface area contributed by atoms with Gasteiger partial charge in [-0.05, 0) is 62.7 Å². The molecule has 2 fully saturated rings. The van der Waals surface area contributed by atoms with Crippen LogP contribution in [0, 0.1) is 11.3 Å². The van der Waals surface area contributed by atoms with E-state index in [9.17, 15) is 15.5 Å². The van der Waals surface area contributed by atoms with Crippen LogP contribution in [0.2, 0.25) is 0 Å². The minimum absolute atomic E-state index is 0. The summed E-state index contributed by atoms with van der Waals surface area (Å²) in [6.45, 7) is 12.7. The van der Waals surface area contributed by atoms with Crippen LogP contribution in [0.4, 0.5) is 0 Å². The van der Waals surface area contributed by atoms with Crippen molar-refractivity contribution in [3.63, 3.8) is 0 Å². The highest BCUT2D eigenvalue weighted by molar-refractivity contribution is 5.85. The molecule has 2 heterocycles. The number of likely N-dealkylation sites (tertiary alicyclic amines) is 2. The number of aliphatic hydroxyl groups excluding tert-OH is 2. The molecule has 2 saturated heterocycles. The normalized spacial score (nSPS) is 16.6. The van der Waals surface area contributed by atoms with Gasteiger partial charge in [0.15, 0.2) is 0 Å². The number of aliphatic hydroxyl groups is 2. The minimum Gasteiger partial charge on any atom is -0.389 e. The van der Waals surface area contributed by atoms with Gasteiger partial charge in [0, 0.05) is 51.4 Å². The Balaban J connectivity index is 0.000000480. The number of benzene rings is 2. The maximum absolute atomic E-state index is 10.4. The average Bonchev–Trinajstić information content (AvgIpc) is 3.39. The largest absolute Gasteiger partial charge is 0.389 e. The van der Waals surface area contributed by atoms with E-state index in [2.05, 4.69) is 72.2 Å². The molecule has 2 aromatic carbocycles. The van der Waals surface area contributed by atoms with Gasteiger partial charge in [-0.1, -0.05) is 241 Å². The van der Waals surface area contributed by atoms with Gasteiger partial charge in [-0.2, -0.15) is 5.26 Å². The first-order valence-corrected chi connectivity index (χ1v) is 29.6. The number of halogens is 1. The summed E-state index contributed by atoms with van der Waals surface area (Å²) < 4.78 is 11.5. The lowest BCUT2D eigenvalue weighted by atomic mass is 9.73. The molecule has 2 aliphatic rings. The molecule has 0 bridgehead atoms. The van der Waals surface area contributed by atoms with Crippen LogP contribution >= 0.6 is 12.4 Å². The molecule has 9 heteroatoms. The smallest absolute Gasteiger partial charge is 0.0900 e. The number of unbranched alkanes of at least 4 members (excludes halogenated alkanes) is 26. The first kappa shape index (κ1) is 65.1. The van der Waals surface area contributed by atoms with Crippen molar-refractivity contribution in [2.45, 2.75) is 242 Å². The summed E-state index contributed by atoms with van der Waals surface area (Å²) in [6.07, 6.45) is 41.2. The summed E-state index contributed by atoms with van der Waals surface area (Å²) >= 11 is 0. The van der Waals surface area contributed by atoms with E-state index in [1.54, 1.807) is 0 Å². The van der Waals surface area contributed by atoms with Gasteiger partial charge in [0.2, 0.25) is 0 Å². The van der Waals surface area contributed by atoms with Crippen LogP contribution in [0.5, 0.6) is 0 Å². The Labute approximate surface area is 443 Å². The maximum atomic E-state index is 10.4. The van der Waals surface area contributed by atoms with E-state index < -0.39 is 12.2 Å². The van der Waals surface area contributed by atoms with E-state index in [0.717, 1.165) is 83.5 Å². The highest BCUT2D eigenvalue weighted by atomic mass is 35.5. The second-order valence-electron chi connectivity index (χ2n) is 21.7. The summed E-state index contributed by atoms with van der Waals surface area (Å²) in [4.78, 5) is 4.65. The predicted octanol–water partition coefficient (Wildman–Crippen LogP) is 14.7. The summed E-state index contributed by atoms with van der Waals surface area (Å²) in [5, 5.41) is 30.7. The number of hydrogen-bond acceptors (Lipinski definition) is 8. The van der Waals surface area contributed by atoms with Crippen LogP contribution in [0.3, 0.4) is 0 Å². The van der Waals surface area contributed by atoms with Crippen molar-refractivity contribution in [1.29, 1.82) is 5.26 Å². The summed E-state index contributed by atoms with van der Waals surface area (Å²) in [6, 6.07) is 23.4. The summed E-state index contributed by atoms with van der Waals surface area (Å²) in [5.41, 5.74) is 8.40.